The highest BCUT2D eigenvalue weighted by Gasteiger charge is 2.35. The van der Waals surface area contributed by atoms with Crippen molar-refractivity contribution < 1.29 is 27.8 Å². The second-order valence-corrected chi connectivity index (χ2v) is 9.60. The van der Waals surface area contributed by atoms with Gasteiger partial charge in [-0.15, -0.1) is 0 Å². The fraction of sp³-hybridized carbons (Fsp3) is 0.320. The smallest absolute Gasteiger partial charge is 0.332 e. The molecule has 0 radical (unpaired) electrons. The number of hydrogen-bond donors (Lipinski definition) is 1. The van der Waals surface area contributed by atoms with Gasteiger partial charge >= 0.3 is 9.96 Å². The van der Waals surface area contributed by atoms with Crippen LogP contribution in [0, 0.1) is 12.7 Å². The molecule has 0 unspecified atom stereocenters. The first-order valence-corrected chi connectivity index (χ1v) is 12.1. The number of ether oxygens (including phenoxy) is 1. The van der Waals surface area contributed by atoms with Gasteiger partial charge in [0, 0.05) is 58.5 Å². The van der Waals surface area contributed by atoms with Gasteiger partial charge in [0.2, 0.25) is 0 Å². The fourth-order valence-corrected chi connectivity index (χ4v) is 3.61. The highest BCUT2D eigenvalue weighted by molar-refractivity contribution is 14.1. The fourth-order valence-electron chi connectivity index (χ4n) is 3.20. The number of aliphatic hydroxyl groups is 1. The number of hydrogen-bond acceptors (Lipinski definition) is 3. The van der Waals surface area contributed by atoms with Crippen LogP contribution in [0.25, 0.3) is 12.2 Å². The number of aliphatic hydroxyl groups excluding tert-OH is 1. The molecule has 0 aromatic heterocycles. The number of benzene rings is 2. The van der Waals surface area contributed by atoms with Crippen LogP contribution in [-0.2, 0) is 0 Å². The molecule has 0 saturated carbocycles. The van der Waals surface area contributed by atoms with Gasteiger partial charge in [0.25, 0.3) is 0 Å². The Labute approximate surface area is 222 Å². The summed E-state index contributed by atoms with van der Waals surface area (Å²) in [5, 5.41) is 9.82. The molecule has 2 amide bonds. The Morgan fingerprint density at radius 2 is 2.00 bits per heavy atom. The van der Waals surface area contributed by atoms with Gasteiger partial charge in [-0.1, -0.05) is 42.5 Å². The monoisotopic (exact) mass is 622 g/mol. The third-order valence-electron chi connectivity index (χ3n) is 5.30. The maximum absolute atomic E-state index is 15.2. The molecule has 0 spiro atoms. The van der Waals surface area contributed by atoms with Gasteiger partial charge in [-0.3, -0.25) is 9.80 Å². The van der Waals surface area contributed by atoms with E-state index in [1.54, 1.807) is 25.1 Å². The Morgan fingerprint density at radius 1 is 1.34 bits per heavy atom. The topological polar surface area (TPSA) is 53.0 Å². The van der Waals surface area contributed by atoms with E-state index in [1.165, 1.54) is 31.0 Å². The Morgan fingerprint density at radius 3 is 2.54 bits per heavy atom. The first kappa shape index (κ1) is 29.0. The number of halogens is 5. The SMILES string of the molecule is C=C(CO)N(CC)C(=O)N(C)c1cc(O[C@@H](C)C(F)(F)I)c(/C=C/c2c(C)cccc2Cl)cc1F. The van der Waals surface area contributed by atoms with Crippen molar-refractivity contribution in [2.45, 2.75) is 30.8 Å². The predicted octanol–water partition coefficient (Wildman–Crippen LogP) is 7.14. The minimum absolute atomic E-state index is 0.0464. The van der Waals surface area contributed by atoms with E-state index in [-0.39, 0.29) is 29.2 Å². The van der Waals surface area contributed by atoms with E-state index < -0.39 is 28.5 Å². The van der Waals surface area contributed by atoms with E-state index in [0.717, 1.165) is 39.1 Å². The molecule has 0 saturated heterocycles. The minimum atomic E-state index is -3.20. The van der Waals surface area contributed by atoms with Crippen LogP contribution < -0.4 is 9.64 Å². The molecule has 35 heavy (non-hydrogen) atoms. The van der Waals surface area contributed by atoms with Gasteiger partial charge in [0.1, 0.15) is 11.6 Å². The molecule has 1 atom stereocenters. The van der Waals surface area contributed by atoms with Crippen LogP contribution in [0.2, 0.25) is 5.02 Å². The Hall–Kier alpha value is -2.24. The lowest BCUT2D eigenvalue weighted by atomic mass is 10.1. The lowest BCUT2D eigenvalue weighted by molar-refractivity contribution is 0.00689. The highest BCUT2D eigenvalue weighted by Crippen LogP contribution is 2.36. The van der Waals surface area contributed by atoms with Gasteiger partial charge < -0.3 is 9.84 Å². The predicted molar refractivity (Wildman–Crippen MR) is 143 cm³/mol. The van der Waals surface area contributed by atoms with Crippen LogP contribution in [-0.4, -0.2) is 46.3 Å². The Balaban J connectivity index is 2.57. The van der Waals surface area contributed by atoms with Gasteiger partial charge in [0.05, 0.1) is 12.3 Å². The first-order valence-electron chi connectivity index (χ1n) is 10.7. The van der Waals surface area contributed by atoms with E-state index in [1.807, 2.05) is 13.0 Å². The molecule has 0 aliphatic rings. The summed E-state index contributed by atoms with van der Waals surface area (Å²) in [5.74, 6) is -0.821. The van der Waals surface area contributed by atoms with E-state index in [4.69, 9.17) is 16.3 Å². The molecule has 0 aliphatic heterocycles. The molecule has 2 aromatic rings. The van der Waals surface area contributed by atoms with Crippen LogP contribution in [0.5, 0.6) is 5.75 Å². The van der Waals surface area contributed by atoms with Gasteiger partial charge in [-0.2, -0.15) is 8.78 Å². The Kier molecular flexibility index (Phi) is 10.1. The molecule has 10 heteroatoms. The normalized spacial score (nSPS) is 12.5. The van der Waals surface area contributed by atoms with E-state index in [2.05, 4.69) is 6.58 Å². The van der Waals surface area contributed by atoms with Crippen molar-refractivity contribution in [2.75, 3.05) is 25.1 Å². The number of anilines is 1. The van der Waals surface area contributed by atoms with Crippen molar-refractivity contribution in [3.05, 3.63) is 70.1 Å². The summed E-state index contributed by atoms with van der Waals surface area (Å²) >= 11 is 7.24. The summed E-state index contributed by atoms with van der Waals surface area (Å²) in [6.07, 6.45) is 1.62. The summed E-state index contributed by atoms with van der Waals surface area (Å²) in [7, 11) is 1.33. The minimum Gasteiger partial charge on any atom is -0.483 e. The van der Waals surface area contributed by atoms with Crippen molar-refractivity contribution in [3.63, 3.8) is 0 Å². The van der Waals surface area contributed by atoms with Crippen LogP contribution in [0.3, 0.4) is 0 Å². The molecule has 0 aliphatic carbocycles. The molecular weight excluding hydrogens is 596 g/mol. The molecule has 2 rings (SSSR count). The van der Waals surface area contributed by atoms with E-state index in [0.29, 0.717) is 10.6 Å². The second-order valence-electron chi connectivity index (χ2n) is 7.76. The maximum Gasteiger partial charge on any atom is 0.332 e. The highest BCUT2D eigenvalue weighted by atomic mass is 127. The van der Waals surface area contributed by atoms with Crippen molar-refractivity contribution in [1.82, 2.24) is 4.90 Å². The number of carbonyl (C=O) groups excluding carboxylic acids is 1. The standard InChI is InChI=1S/C25H27ClF3IN2O3/c1-6-32(16(3)14-33)24(34)31(5)22-13-23(35-17(4)25(28,29)30)18(12-21(22)27)10-11-19-15(2)8-7-9-20(19)26/h7-13,17,33H,3,6,14H2,1-2,4-5H3/b11-10+/t17-/m0/s1. The van der Waals surface area contributed by atoms with Crippen molar-refractivity contribution >= 4 is 58.1 Å². The molecule has 0 bridgehead atoms. The Bertz CT molecular complexity index is 1100. The van der Waals surface area contributed by atoms with Crippen molar-refractivity contribution in [2.24, 2.45) is 0 Å². The number of urea groups is 1. The lowest BCUT2D eigenvalue weighted by Crippen LogP contribution is -2.41. The maximum atomic E-state index is 15.2. The van der Waals surface area contributed by atoms with E-state index >= 15 is 4.39 Å². The third kappa shape index (κ3) is 7.14. The number of nitrogens with zero attached hydrogens (tertiary/aromatic N) is 2. The largest absolute Gasteiger partial charge is 0.483 e. The van der Waals surface area contributed by atoms with Gasteiger partial charge in [-0.25, -0.2) is 9.18 Å². The average Bonchev–Trinajstić information content (AvgIpc) is 2.79. The average molecular weight is 623 g/mol. The van der Waals surface area contributed by atoms with Crippen LogP contribution in [0.4, 0.5) is 23.7 Å². The first-order chi connectivity index (χ1) is 16.3. The number of alkyl halides is 3. The zero-order valence-electron chi connectivity index (χ0n) is 19.8. The van der Waals surface area contributed by atoms with Crippen LogP contribution in [0.1, 0.15) is 30.5 Å². The molecule has 190 valence electrons. The summed E-state index contributed by atoms with van der Waals surface area (Å²) in [4.78, 5) is 15.1. The van der Waals surface area contributed by atoms with Crippen molar-refractivity contribution in [3.8, 4) is 5.75 Å². The molecule has 2 aromatic carbocycles. The molecule has 1 N–H and O–H groups in total. The summed E-state index contributed by atoms with van der Waals surface area (Å²) in [6, 6.07) is 6.99. The van der Waals surface area contributed by atoms with Gasteiger partial charge in [0.15, 0.2) is 6.10 Å². The molecule has 5 nitrogen and oxygen atoms in total. The zero-order chi connectivity index (χ0) is 26.5. The van der Waals surface area contributed by atoms with Crippen LogP contribution >= 0.6 is 34.2 Å². The number of aryl methyl sites for hydroxylation is 1. The van der Waals surface area contributed by atoms with Crippen molar-refractivity contribution in [1.29, 1.82) is 0 Å². The van der Waals surface area contributed by atoms with Gasteiger partial charge in [-0.05, 0) is 44.0 Å². The number of carbonyl (C=O) groups is 1. The number of likely N-dealkylation sites (N-methyl/N-ethyl adjacent to an activating group) is 1. The third-order valence-corrected chi connectivity index (χ3v) is 6.51. The second kappa shape index (κ2) is 12.1. The number of rotatable bonds is 9. The van der Waals surface area contributed by atoms with Crippen LogP contribution in [0.15, 0.2) is 42.6 Å². The molecular formula is C25H27ClF3IN2O3. The zero-order valence-corrected chi connectivity index (χ0v) is 22.7. The quantitative estimate of drug-likeness (QED) is 0.184. The summed E-state index contributed by atoms with van der Waals surface area (Å²) in [6.45, 7) is 8.08. The lowest BCUT2D eigenvalue weighted by Gasteiger charge is -2.29. The molecule has 0 fully saturated rings. The van der Waals surface area contributed by atoms with E-state index in [9.17, 15) is 18.7 Å². The molecule has 0 heterocycles. The number of amides is 2. The summed E-state index contributed by atoms with van der Waals surface area (Å²) < 4.78 is 45.3. The summed E-state index contributed by atoms with van der Waals surface area (Å²) in [5.41, 5.74) is 1.68.